The number of ether oxygens (including phenoxy) is 2. The SMILES string of the molecule is CCCCCCCCc1ccc2c(c1)C(C)N([C@@H](CCN)C(=O)N(C)[C@@H]1C(=O)N[C@@H](C)C(=O)N[C@H](C(=O)NCC#N)Cc3ccc(OCCN)c(c3)-c3cc1ccc3OCCN)C2=O. The van der Waals surface area contributed by atoms with Gasteiger partial charge in [-0.25, -0.2) is 0 Å². The van der Waals surface area contributed by atoms with Crippen LogP contribution in [0.3, 0.4) is 0 Å². The van der Waals surface area contributed by atoms with Gasteiger partial charge < -0.3 is 52.4 Å². The summed E-state index contributed by atoms with van der Waals surface area (Å²) in [5, 5.41) is 17.2. The van der Waals surface area contributed by atoms with Gasteiger partial charge in [0.1, 0.15) is 55.4 Å². The highest BCUT2D eigenvalue weighted by Crippen LogP contribution is 2.41. The molecule has 4 bridgehead atoms. The molecule has 16 nitrogen and oxygen atoms in total. The fourth-order valence-electron chi connectivity index (χ4n) is 8.53. The van der Waals surface area contributed by atoms with Crippen molar-refractivity contribution >= 4 is 29.5 Å². The molecule has 3 aromatic rings. The predicted molar refractivity (Wildman–Crippen MR) is 244 cm³/mol. The van der Waals surface area contributed by atoms with Crippen LogP contribution in [0, 0.1) is 11.3 Å². The van der Waals surface area contributed by atoms with E-state index in [-0.39, 0.29) is 58.1 Å². The fraction of sp³-hybridized carbons (Fsp3) is 0.500. The number of amides is 5. The summed E-state index contributed by atoms with van der Waals surface area (Å²) in [4.78, 5) is 74.0. The molecule has 0 aliphatic carbocycles. The second-order valence-corrected chi connectivity index (χ2v) is 16.5. The van der Waals surface area contributed by atoms with E-state index in [0.29, 0.717) is 39.3 Å². The van der Waals surface area contributed by atoms with E-state index in [1.54, 1.807) is 41.3 Å². The Hall–Kier alpha value is -6.02. The van der Waals surface area contributed by atoms with Gasteiger partial charge in [-0.05, 0) is 92.2 Å². The van der Waals surface area contributed by atoms with E-state index >= 15 is 4.79 Å². The van der Waals surface area contributed by atoms with Crippen LogP contribution in [0.1, 0.15) is 110 Å². The molecule has 64 heavy (non-hydrogen) atoms. The molecule has 344 valence electrons. The van der Waals surface area contributed by atoms with E-state index in [1.807, 2.05) is 25.1 Å². The average molecular weight is 880 g/mol. The van der Waals surface area contributed by atoms with Gasteiger partial charge in [0.25, 0.3) is 5.91 Å². The number of likely N-dealkylation sites (N-methyl/N-ethyl adjacent to an activating group) is 1. The maximum atomic E-state index is 15.0. The van der Waals surface area contributed by atoms with Crippen LogP contribution in [0.2, 0.25) is 0 Å². The minimum Gasteiger partial charge on any atom is -0.492 e. The molecular formula is C48H65N9O7. The Morgan fingerprint density at radius 1 is 0.859 bits per heavy atom. The number of hydrogen-bond donors (Lipinski definition) is 6. The Balaban J connectivity index is 1.57. The predicted octanol–water partition coefficient (Wildman–Crippen LogP) is 3.55. The molecule has 0 aromatic heterocycles. The van der Waals surface area contributed by atoms with Crippen molar-refractivity contribution in [2.75, 3.05) is 46.4 Å². The number of nitrogens with zero attached hydrogens (tertiary/aromatic N) is 3. The number of unbranched alkanes of at least 4 members (excludes halogenated alkanes) is 5. The molecule has 2 heterocycles. The van der Waals surface area contributed by atoms with Crippen molar-refractivity contribution in [3.63, 3.8) is 0 Å². The number of rotatable bonds is 20. The molecule has 0 saturated heterocycles. The highest BCUT2D eigenvalue weighted by atomic mass is 16.5. The van der Waals surface area contributed by atoms with Crippen molar-refractivity contribution in [2.45, 2.75) is 109 Å². The topological polar surface area (TPSA) is 248 Å². The number of carbonyl (C=O) groups is 5. The zero-order chi connectivity index (χ0) is 46.3. The maximum Gasteiger partial charge on any atom is 0.255 e. The maximum absolute atomic E-state index is 15.0. The Labute approximate surface area is 376 Å². The molecule has 9 N–H and O–H groups in total. The molecule has 5 atom stereocenters. The summed E-state index contributed by atoms with van der Waals surface area (Å²) in [7, 11) is 1.49. The van der Waals surface area contributed by atoms with Gasteiger partial charge in [0.2, 0.25) is 23.6 Å². The minimum atomic E-state index is -1.35. The number of nitrogens with one attached hydrogen (secondary N) is 3. The van der Waals surface area contributed by atoms with Gasteiger partial charge in [-0.2, -0.15) is 5.26 Å². The molecule has 5 amide bonds. The second-order valence-electron chi connectivity index (χ2n) is 16.5. The summed E-state index contributed by atoms with van der Waals surface area (Å²) in [5.41, 5.74) is 22.4. The Kier molecular flexibility index (Phi) is 18.1. The Bertz CT molecular complexity index is 2170. The molecule has 0 radical (unpaired) electrons. The lowest BCUT2D eigenvalue weighted by atomic mass is 9.93. The molecule has 0 spiro atoms. The average Bonchev–Trinajstić information content (AvgIpc) is 3.53. The number of nitriles is 1. The van der Waals surface area contributed by atoms with Crippen LogP contribution in [0.5, 0.6) is 11.5 Å². The fourth-order valence-corrected chi connectivity index (χ4v) is 8.53. The molecule has 2 aliphatic rings. The van der Waals surface area contributed by atoms with E-state index < -0.39 is 53.8 Å². The lowest BCUT2D eigenvalue weighted by Crippen LogP contribution is -2.56. The van der Waals surface area contributed by atoms with Gasteiger partial charge in [0.15, 0.2) is 0 Å². The summed E-state index contributed by atoms with van der Waals surface area (Å²) in [5.74, 6) is -1.98. The zero-order valence-electron chi connectivity index (χ0n) is 37.6. The summed E-state index contributed by atoms with van der Waals surface area (Å²) in [6.07, 6.45) is 8.05. The summed E-state index contributed by atoms with van der Waals surface area (Å²) in [6.45, 7) is 6.11. The molecular weight excluding hydrogens is 815 g/mol. The van der Waals surface area contributed by atoms with E-state index in [2.05, 4.69) is 28.9 Å². The highest BCUT2D eigenvalue weighted by molar-refractivity contribution is 6.03. The second kappa shape index (κ2) is 23.6. The van der Waals surface area contributed by atoms with Gasteiger partial charge in [0, 0.05) is 43.2 Å². The van der Waals surface area contributed by atoms with Crippen LogP contribution < -0.4 is 42.6 Å². The number of nitrogens with two attached hydrogens (primary N) is 3. The van der Waals surface area contributed by atoms with Crippen LogP contribution in [0.15, 0.2) is 54.6 Å². The van der Waals surface area contributed by atoms with Crippen molar-refractivity contribution in [3.8, 4) is 28.7 Å². The van der Waals surface area contributed by atoms with Gasteiger partial charge in [0.05, 0.1) is 12.1 Å². The lowest BCUT2D eigenvalue weighted by molar-refractivity contribution is -0.144. The number of aryl methyl sites for hydroxylation is 1. The molecule has 0 saturated carbocycles. The smallest absolute Gasteiger partial charge is 0.255 e. The van der Waals surface area contributed by atoms with Crippen molar-refractivity contribution in [1.29, 1.82) is 5.26 Å². The van der Waals surface area contributed by atoms with Crippen LogP contribution in [-0.4, -0.2) is 104 Å². The Morgan fingerprint density at radius 2 is 1.53 bits per heavy atom. The lowest BCUT2D eigenvalue weighted by Gasteiger charge is -2.36. The molecule has 16 heteroatoms. The molecule has 0 fully saturated rings. The number of carbonyl (C=O) groups excluding carboxylic acids is 5. The van der Waals surface area contributed by atoms with Crippen molar-refractivity contribution in [1.82, 2.24) is 25.8 Å². The normalized spacial score (nSPS) is 18.8. The van der Waals surface area contributed by atoms with E-state index in [0.717, 1.165) is 30.4 Å². The third-order valence-electron chi connectivity index (χ3n) is 11.9. The van der Waals surface area contributed by atoms with E-state index in [9.17, 15) is 24.4 Å². The number of hydrogen-bond acceptors (Lipinski definition) is 11. The standard InChI is InChI=1S/C48H65N9O7/c1-5-6-7-8-9-10-11-32-12-15-35-36(26-32)31(3)57(47(35)61)40(18-19-49)48(62)56(4)43-34-14-17-42(64-25-22-52)38(29-34)37-27-33(13-16-41(37)63-24-21-51)28-39(45(59)53-23-20-50)55-44(58)30(2)54-46(43)60/h12-17,26-27,29-31,39-40,43H,5-11,18-19,21-25,28,49,51-52H2,1-4H3,(H,53,59)(H,54,60)(H,55,58)/t30-,31?,39-,40-,43-/m0/s1. The van der Waals surface area contributed by atoms with Crippen molar-refractivity contribution in [2.24, 2.45) is 17.2 Å². The largest absolute Gasteiger partial charge is 0.492 e. The minimum absolute atomic E-state index is 0.0207. The first-order valence-electron chi connectivity index (χ1n) is 22.5. The molecule has 2 aliphatic heterocycles. The Morgan fingerprint density at radius 3 is 2.20 bits per heavy atom. The first-order valence-corrected chi connectivity index (χ1v) is 22.5. The highest BCUT2D eigenvalue weighted by Gasteiger charge is 2.44. The monoisotopic (exact) mass is 880 g/mol. The molecule has 5 rings (SSSR count). The van der Waals surface area contributed by atoms with Crippen LogP contribution in [0.4, 0.5) is 0 Å². The van der Waals surface area contributed by atoms with Crippen LogP contribution in [0.25, 0.3) is 11.1 Å². The van der Waals surface area contributed by atoms with Gasteiger partial charge >= 0.3 is 0 Å². The quantitative estimate of drug-likeness (QED) is 0.0708. The van der Waals surface area contributed by atoms with E-state index in [1.165, 1.54) is 44.6 Å². The first kappa shape index (κ1) is 49.0. The van der Waals surface area contributed by atoms with Gasteiger partial charge in [-0.15, -0.1) is 0 Å². The van der Waals surface area contributed by atoms with Gasteiger partial charge in [-0.1, -0.05) is 63.3 Å². The molecule has 1 unspecified atom stereocenters. The zero-order valence-corrected chi connectivity index (χ0v) is 37.6. The van der Waals surface area contributed by atoms with Crippen molar-refractivity contribution < 1.29 is 33.4 Å². The summed E-state index contributed by atoms with van der Waals surface area (Å²) in [6, 6.07) is 13.0. The third-order valence-corrected chi connectivity index (χ3v) is 11.9. The van der Waals surface area contributed by atoms with Gasteiger partial charge in [-0.3, -0.25) is 24.0 Å². The first-order chi connectivity index (χ1) is 30.9. The number of benzene rings is 3. The van der Waals surface area contributed by atoms with Crippen LogP contribution >= 0.6 is 0 Å². The van der Waals surface area contributed by atoms with Crippen LogP contribution in [-0.2, 0) is 32.0 Å². The number of fused-ring (bicyclic) bond motifs is 6. The molecule has 3 aromatic carbocycles. The third kappa shape index (κ3) is 11.8. The van der Waals surface area contributed by atoms with Crippen molar-refractivity contribution in [3.05, 3.63) is 82.4 Å². The summed E-state index contributed by atoms with van der Waals surface area (Å²) >= 11 is 0. The van der Waals surface area contributed by atoms with E-state index in [4.69, 9.17) is 26.7 Å². The summed E-state index contributed by atoms with van der Waals surface area (Å²) < 4.78 is 12.2.